The second kappa shape index (κ2) is 29.1. The molecule has 6 heterocycles. The van der Waals surface area contributed by atoms with E-state index < -0.39 is 0 Å². The van der Waals surface area contributed by atoms with E-state index in [2.05, 4.69) is 95.3 Å². The van der Waals surface area contributed by atoms with E-state index in [1.807, 2.05) is 197 Å². The number of pyridine rings is 2. The highest BCUT2D eigenvalue weighted by Gasteiger charge is 2.24. The number of rotatable bonds is 11. The van der Waals surface area contributed by atoms with Crippen LogP contribution >= 0.6 is 11.8 Å². The number of hydrogen-bond acceptors (Lipinski definition) is 13. The number of nitrogens with zero attached hydrogens (tertiary/aromatic N) is 11. The molecular weight excluding hydrogens is 1050 g/mol. The SMILES string of the molecule is CC1CCC(c2nc(-c3ccccc3)nc(-c3ccccc3)n2)CC1.Cc1nc(-c2ccncc2)cc(-c2ccncc2)n1.Cc1nc(Oc2ccccc2)cc(-c2ccccc2)n1.Cc1nc(Sc2ccccc2)cc(-c2ccccc2)n1. The quantitative estimate of drug-likeness (QED) is 0.113. The maximum Gasteiger partial charge on any atom is 0.223 e. The van der Waals surface area contributed by atoms with Gasteiger partial charge in [0.25, 0.3) is 0 Å². The molecule has 1 saturated carbocycles. The van der Waals surface area contributed by atoms with Crippen molar-refractivity contribution < 1.29 is 4.74 Å². The van der Waals surface area contributed by atoms with Crippen LogP contribution in [0, 0.1) is 26.7 Å². The molecular formula is C71H63N11OS. The lowest BCUT2D eigenvalue weighted by molar-refractivity contribution is 0.339. The van der Waals surface area contributed by atoms with Crippen molar-refractivity contribution in [3.63, 3.8) is 0 Å². The van der Waals surface area contributed by atoms with Crippen molar-refractivity contribution in [2.45, 2.75) is 69.2 Å². The standard InChI is InChI=1S/C22H23N3.C17H14N2O.C17H14N2S.C15H12N4/c1-16-12-14-19(15-13-16)22-24-20(17-8-4-2-5-9-17)23-21(25-22)18-10-6-3-7-11-18;2*1-13-18-16(14-8-4-2-5-9-14)12-17(19-13)20-15-10-6-3-7-11-15;1-11-18-14(12-2-6-16-7-3-12)10-15(19-11)13-4-8-17-9-5-13/h2-11,16,19H,12-15H2,1H3;2*2-12H,1H3;2-10H,1H3. The summed E-state index contributed by atoms with van der Waals surface area (Å²) in [6.07, 6.45) is 11.9. The van der Waals surface area contributed by atoms with E-state index in [0.29, 0.717) is 17.6 Å². The Morgan fingerprint density at radius 2 is 0.738 bits per heavy atom. The minimum atomic E-state index is 0.448. The topological polar surface area (TPSA) is 151 Å². The van der Waals surface area contributed by atoms with Crippen molar-refractivity contribution in [2.75, 3.05) is 0 Å². The zero-order valence-corrected chi connectivity index (χ0v) is 48.2. The number of ether oxygens (including phenoxy) is 1. The van der Waals surface area contributed by atoms with Crippen LogP contribution in [-0.4, -0.2) is 54.8 Å². The molecule has 0 saturated heterocycles. The van der Waals surface area contributed by atoms with Gasteiger partial charge in [-0.2, -0.15) is 4.98 Å². The van der Waals surface area contributed by atoms with E-state index in [1.165, 1.54) is 30.6 Å². The Labute approximate surface area is 495 Å². The lowest BCUT2D eigenvalue weighted by atomic mass is 9.82. The van der Waals surface area contributed by atoms with Crippen molar-refractivity contribution in [1.29, 1.82) is 0 Å². The first-order valence-corrected chi connectivity index (χ1v) is 28.9. The maximum absolute atomic E-state index is 5.77. The van der Waals surface area contributed by atoms with Gasteiger partial charge < -0.3 is 4.74 Å². The fourth-order valence-electron chi connectivity index (χ4n) is 9.35. The maximum atomic E-state index is 5.77. The van der Waals surface area contributed by atoms with Gasteiger partial charge in [0.05, 0.1) is 22.8 Å². The first-order valence-electron chi connectivity index (χ1n) is 28.1. The molecule has 6 aromatic heterocycles. The van der Waals surface area contributed by atoms with Crippen LogP contribution in [0.5, 0.6) is 11.6 Å². The molecule has 0 amide bonds. The molecule has 1 aliphatic carbocycles. The molecule has 0 atom stereocenters. The predicted octanol–water partition coefficient (Wildman–Crippen LogP) is 17.3. The molecule has 0 aliphatic heterocycles. The Bertz CT molecular complexity index is 3700. The van der Waals surface area contributed by atoms with Gasteiger partial charge in [0.1, 0.15) is 34.1 Å². The van der Waals surface area contributed by atoms with Gasteiger partial charge in [0, 0.05) is 75.0 Å². The molecule has 1 fully saturated rings. The van der Waals surface area contributed by atoms with Crippen molar-refractivity contribution in [2.24, 2.45) is 5.92 Å². The molecule has 0 unspecified atom stereocenters. The molecule has 6 aromatic carbocycles. The molecule has 13 heteroatoms. The summed E-state index contributed by atoms with van der Waals surface area (Å²) in [5, 5.41) is 0.975. The molecule has 0 spiro atoms. The lowest BCUT2D eigenvalue weighted by Gasteiger charge is -2.25. The number of hydrogen-bond donors (Lipinski definition) is 0. The molecule has 0 bridgehead atoms. The summed E-state index contributed by atoms with van der Waals surface area (Å²) in [4.78, 5) is 50.5. The first-order chi connectivity index (χ1) is 41.2. The van der Waals surface area contributed by atoms with Crippen molar-refractivity contribution in [3.05, 3.63) is 273 Å². The summed E-state index contributed by atoms with van der Waals surface area (Å²) in [6.45, 7) is 8.04. The van der Waals surface area contributed by atoms with Crippen LogP contribution in [0.3, 0.4) is 0 Å². The minimum absolute atomic E-state index is 0.448. The highest BCUT2D eigenvalue weighted by atomic mass is 32.2. The summed E-state index contributed by atoms with van der Waals surface area (Å²) >= 11 is 1.66. The van der Waals surface area contributed by atoms with E-state index >= 15 is 0 Å². The Kier molecular flexibility index (Phi) is 19.9. The van der Waals surface area contributed by atoms with Crippen LogP contribution < -0.4 is 4.74 Å². The van der Waals surface area contributed by atoms with Crippen molar-refractivity contribution >= 4 is 11.8 Å². The summed E-state index contributed by atoms with van der Waals surface area (Å²) < 4.78 is 5.77. The zero-order valence-electron chi connectivity index (χ0n) is 47.4. The van der Waals surface area contributed by atoms with E-state index in [-0.39, 0.29) is 0 Å². The number of aromatic nitrogens is 11. The zero-order chi connectivity index (χ0) is 57.7. The number of benzene rings is 6. The summed E-state index contributed by atoms with van der Waals surface area (Å²) in [7, 11) is 0. The highest BCUT2D eigenvalue weighted by Crippen LogP contribution is 2.36. The highest BCUT2D eigenvalue weighted by molar-refractivity contribution is 7.99. The molecule has 12 nitrogen and oxygen atoms in total. The van der Waals surface area contributed by atoms with E-state index in [0.717, 1.165) is 102 Å². The lowest BCUT2D eigenvalue weighted by Crippen LogP contribution is -2.15. The second-order valence-electron chi connectivity index (χ2n) is 20.0. The van der Waals surface area contributed by atoms with E-state index in [1.54, 1.807) is 36.5 Å². The van der Waals surface area contributed by atoms with Gasteiger partial charge >= 0.3 is 0 Å². The van der Waals surface area contributed by atoms with Crippen LogP contribution in [0.25, 0.3) is 67.8 Å². The van der Waals surface area contributed by atoms with Gasteiger partial charge in [0.15, 0.2) is 11.6 Å². The Morgan fingerprint density at radius 1 is 0.357 bits per heavy atom. The fraction of sp³-hybridized carbons (Fsp3) is 0.141. The molecule has 12 aromatic rings. The smallest absolute Gasteiger partial charge is 0.223 e. The number of aryl methyl sites for hydroxylation is 3. The largest absolute Gasteiger partial charge is 0.439 e. The van der Waals surface area contributed by atoms with Crippen LogP contribution in [0.15, 0.2) is 259 Å². The fourth-order valence-corrected chi connectivity index (χ4v) is 10.2. The third-order valence-corrected chi connectivity index (χ3v) is 14.5. The summed E-state index contributed by atoms with van der Waals surface area (Å²) in [6, 6.07) is 74.2. The third-order valence-electron chi connectivity index (χ3n) is 13.6. The first kappa shape index (κ1) is 57.3. The van der Waals surface area contributed by atoms with Gasteiger partial charge in [-0.15, -0.1) is 0 Å². The Balaban J connectivity index is 0.000000126. The van der Waals surface area contributed by atoms with Crippen LogP contribution in [0.1, 0.15) is 61.8 Å². The van der Waals surface area contributed by atoms with E-state index in [9.17, 15) is 0 Å². The average molecular weight is 1120 g/mol. The molecule has 0 N–H and O–H groups in total. The normalized spacial score (nSPS) is 13.3. The second-order valence-corrected chi connectivity index (χ2v) is 21.1. The molecule has 13 rings (SSSR count). The minimum Gasteiger partial charge on any atom is -0.439 e. The van der Waals surface area contributed by atoms with Crippen LogP contribution in [-0.2, 0) is 0 Å². The molecule has 0 radical (unpaired) electrons. The number of para-hydroxylation sites is 1. The Morgan fingerprint density at radius 3 is 1.21 bits per heavy atom. The van der Waals surface area contributed by atoms with Crippen molar-refractivity contribution in [1.82, 2.24) is 54.8 Å². The summed E-state index contributed by atoms with van der Waals surface area (Å²) in [5.74, 6) is 7.35. The van der Waals surface area contributed by atoms with Crippen molar-refractivity contribution in [3.8, 4) is 79.4 Å². The molecule has 414 valence electrons. The molecule has 84 heavy (non-hydrogen) atoms. The van der Waals surface area contributed by atoms with Gasteiger partial charge in [0.2, 0.25) is 5.88 Å². The Hall–Kier alpha value is -9.98. The average Bonchev–Trinajstić information content (AvgIpc) is 3.64. The van der Waals surface area contributed by atoms with Gasteiger partial charge in [-0.05, 0) is 100 Å². The summed E-state index contributed by atoms with van der Waals surface area (Å²) in [5.41, 5.74) is 9.99. The monoisotopic (exact) mass is 1120 g/mol. The van der Waals surface area contributed by atoms with E-state index in [4.69, 9.17) is 19.7 Å². The van der Waals surface area contributed by atoms with Gasteiger partial charge in [-0.1, -0.05) is 189 Å². The molecule has 1 aliphatic rings. The van der Waals surface area contributed by atoms with Gasteiger partial charge in [-0.25, -0.2) is 39.9 Å². The third kappa shape index (κ3) is 16.6. The van der Waals surface area contributed by atoms with Gasteiger partial charge in [-0.3, -0.25) is 9.97 Å². The van der Waals surface area contributed by atoms with Crippen LogP contribution in [0.2, 0.25) is 0 Å². The predicted molar refractivity (Wildman–Crippen MR) is 336 cm³/mol. The van der Waals surface area contributed by atoms with Crippen LogP contribution in [0.4, 0.5) is 0 Å².